The largest absolute Gasteiger partial charge is 0.381 e. The molecule has 0 radical (unpaired) electrons. The van der Waals surface area contributed by atoms with Gasteiger partial charge in [-0.05, 0) is 42.9 Å². The molecule has 0 spiro atoms. The summed E-state index contributed by atoms with van der Waals surface area (Å²) in [7, 11) is 0. The van der Waals surface area contributed by atoms with Gasteiger partial charge in [0.2, 0.25) is 0 Å². The van der Waals surface area contributed by atoms with Crippen molar-refractivity contribution in [2.75, 3.05) is 25.4 Å². The fraction of sp³-hybridized carbons (Fsp3) is 0.600. The SMILES string of the molecule is N=C(N)C(=N)NCCSCc1csc(CN2CCCCC2)c1. The second-order valence-corrected chi connectivity index (χ2v) is 7.63. The summed E-state index contributed by atoms with van der Waals surface area (Å²) in [6, 6.07) is 2.33. The number of piperidine rings is 1. The summed E-state index contributed by atoms with van der Waals surface area (Å²) in [4.78, 5) is 4.03. The molecule has 5 N–H and O–H groups in total. The van der Waals surface area contributed by atoms with Gasteiger partial charge in [0.05, 0.1) is 0 Å². The van der Waals surface area contributed by atoms with Crippen molar-refractivity contribution in [3.8, 4) is 0 Å². The number of thiophene rings is 1. The van der Waals surface area contributed by atoms with Crippen LogP contribution in [0, 0.1) is 10.8 Å². The standard InChI is InChI=1S/C15H25N5S2/c16-14(17)15(18)19-4-7-21-10-12-8-13(22-11-12)9-20-5-2-1-3-6-20/h8,11H,1-7,9-10H2,(H3,16,17)(H2,18,19). The highest BCUT2D eigenvalue weighted by atomic mass is 32.2. The fourth-order valence-corrected chi connectivity index (χ4v) is 4.29. The van der Waals surface area contributed by atoms with E-state index in [1.807, 2.05) is 23.1 Å². The van der Waals surface area contributed by atoms with E-state index in [4.69, 9.17) is 16.6 Å². The molecule has 2 rings (SSSR count). The van der Waals surface area contributed by atoms with Gasteiger partial charge in [0, 0.05) is 29.5 Å². The van der Waals surface area contributed by atoms with Crippen LogP contribution in [0.5, 0.6) is 0 Å². The molecule has 5 nitrogen and oxygen atoms in total. The highest BCUT2D eigenvalue weighted by Gasteiger charge is 2.11. The average Bonchev–Trinajstić information content (AvgIpc) is 2.95. The summed E-state index contributed by atoms with van der Waals surface area (Å²) >= 11 is 3.71. The molecule has 0 aliphatic carbocycles. The van der Waals surface area contributed by atoms with E-state index in [1.54, 1.807) is 0 Å². The lowest BCUT2D eigenvalue weighted by Gasteiger charge is -2.25. The first-order valence-corrected chi connectivity index (χ1v) is 9.72. The molecule has 1 saturated heterocycles. The minimum absolute atomic E-state index is 0.0138. The van der Waals surface area contributed by atoms with Crippen LogP contribution in [0.4, 0.5) is 0 Å². The first-order valence-electron chi connectivity index (χ1n) is 7.68. The number of hydrogen-bond acceptors (Lipinski definition) is 5. The number of thioether (sulfide) groups is 1. The number of hydrogen-bond donors (Lipinski definition) is 4. The summed E-state index contributed by atoms with van der Waals surface area (Å²) in [6.07, 6.45) is 4.07. The van der Waals surface area contributed by atoms with E-state index in [9.17, 15) is 0 Å². The van der Waals surface area contributed by atoms with Crippen LogP contribution < -0.4 is 11.1 Å². The monoisotopic (exact) mass is 339 g/mol. The van der Waals surface area contributed by atoms with E-state index in [0.717, 1.165) is 18.1 Å². The third kappa shape index (κ3) is 5.98. The first-order chi connectivity index (χ1) is 10.6. The first kappa shape index (κ1) is 17.3. The molecule has 7 heteroatoms. The molecule has 0 saturated carbocycles. The second kappa shape index (κ2) is 9.17. The molecule has 1 fully saturated rings. The fourth-order valence-electron chi connectivity index (χ4n) is 2.46. The molecule has 1 aromatic rings. The lowest BCUT2D eigenvalue weighted by molar-refractivity contribution is 0.222. The van der Waals surface area contributed by atoms with E-state index in [-0.39, 0.29) is 11.7 Å². The van der Waals surface area contributed by atoms with Gasteiger partial charge in [-0.25, -0.2) is 0 Å². The molecular weight excluding hydrogens is 314 g/mol. The minimum atomic E-state index is -0.204. The Morgan fingerprint density at radius 1 is 1.32 bits per heavy atom. The summed E-state index contributed by atoms with van der Waals surface area (Å²) in [5, 5.41) is 19.6. The Kier molecular flexibility index (Phi) is 7.21. The number of nitrogens with one attached hydrogen (secondary N) is 3. The lowest BCUT2D eigenvalue weighted by atomic mass is 10.1. The Balaban J connectivity index is 1.62. The van der Waals surface area contributed by atoms with Crippen molar-refractivity contribution in [3.05, 3.63) is 21.9 Å². The zero-order valence-electron chi connectivity index (χ0n) is 12.9. The van der Waals surface area contributed by atoms with Gasteiger partial charge < -0.3 is 11.1 Å². The smallest absolute Gasteiger partial charge is 0.160 e. The highest BCUT2D eigenvalue weighted by Crippen LogP contribution is 2.22. The van der Waals surface area contributed by atoms with Crippen LogP contribution in [-0.4, -0.2) is 42.0 Å². The second-order valence-electron chi connectivity index (χ2n) is 5.53. The Bertz CT molecular complexity index is 494. The topological polar surface area (TPSA) is 89.0 Å². The van der Waals surface area contributed by atoms with Crippen LogP contribution in [0.2, 0.25) is 0 Å². The normalized spacial score (nSPS) is 15.6. The summed E-state index contributed by atoms with van der Waals surface area (Å²) in [5.74, 6) is 1.73. The van der Waals surface area contributed by atoms with Crippen LogP contribution in [0.3, 0.4) is 0 Å². The van der Waals surface area contributed by atoms with E-state index in [2.05, 4.69) is 21.7 Å². The maximum Gasteiger partial charge on any atom is 0.160 e. The van der Waals surface area contributed by atoms with E-state index in [0.29, 0.717) is 6.54 Å². The molecule has 0 bridgehead atoms. The predicted octanol–water partition coefficient (Wildman–Crippen LogP) is 2.47. The predicted molar refractivity (Wildman–Crippen MR) is 97.3 cm³/mol. The summed E-state index contributed by atoms with van der Waals surface area (Å²) in [6.45, 7) is 4.27. The molecule has 122 valence electrons. The molecule has 0 atom stereocenters. The van der Waals surface area contributed by atoms with Gasteiger partial charge >= 0.3 is 0 Å². The van der Waals surface area contributed by atoms with Gasteiger partial charge in [-0.1, -0.05) is 6.42 Å². The molecule has 22 heavy (non-hydrogen) atoms. The Morgan fingerprint density at radius 3 is 2.82 bits per heavy atom. The van der Waals surface area contributed by atoms with Gasteiger partial charge in [-0.2, -0.15) is 11.8 Å². The number of amidine groups is 2. The lowest BCUT2D eigenvalue weighted by Crippen LogP contribution is -2.36. The minimum Gasteiger partial charge on any atom is -0.381 e. The van der Waals surface area contributed by atoms with Crippen LogP contribution in [0.15, 0.2) is 11.4 Å². The molecule has 1 aliphatic heterocycles. The third-order valence-corrected chi connectivity index (χ3v) is 5.62. The Hall–Kier alpha value is -1.05. The maximum atomic E-state index is 7.40. The van der Waals surface area contributed by atoms with Gasteiger partial charge in [0.25, 0.3) is 0 Å². The maximum absolute atomic E-state index is 7.40. The van der Waals surface area contributed by atoms with Gasteiger partial charge in [0.15, 0.2) is 11.7 Å². The van der Waals surface area contributed by atoms with Crippen LogP contribution >= 0.6 is 23.1 Å². The molecule has 0 aromatic carbocycles. The van der Waals surface area contributed by atoms with Crippen molar-refractivity contribution in [1.29, 1.82) is 10.8 Å². The van der Waals surface area contributed by atoms with Crippen molar-refractivity contribution in [2.45, 2.75) is 31.6 Å². The summed E-state index contributed by atoms with van der Waals surface area (Å²) < 4.78 is 0. The van der Waals surface area contributed by atoms with E-state index < -0.39 is 0 Å². The highest BCUT2D eigenvalue weighted by molar-refractivity contribution is 7.98. The van der Waals surface area contributed by atoms with Crippen molar-refractivity contribution >= 4 is 34.8 Å². The Morgan fingerprint density at radius 2 is 2.09 bits per heavy atom. The van der Waals surface area contributed by atoms with Crippen LogP contribution in [0.1, 0.15) is 29.7 Å². The van der Waals surface area contributed by atoms with Gasteiger partial charge in [-0.3, -0.25) is 15.7 Å². The molecule has 1 aromatic heterocycles. The average molecular weight is 340 g/mol. The zero-order chi connectivity index (χ0) is 15.8. The number of nitrogens with two attached hydrogens (primary N) is 1. The summed E-state index contributed by atoms with van der Waals surface area (Å²) in [5.41, 5.74) is 6.60. The van der Waals surface area contributed by atoms with E-state index >= 15 is 0 Å². The number of rotatable bonds is 7. The molecule has 1 aliphatic rings. The third-order valence-electron chi connectivity index (χ3n) is 3.62. The van der Waals surface area contributed by atoms with Gasteiger partial charge in [0.1, 0.15) is 0 Å². The molecular formula is C15H25N5S2. The van der Waals surface area contributed by atoms with Crippen LogP contribution in [0.25, 0.3) is 0 Å². The Labute approximate surface area is 140 Å². The quantitative estimate of drug-likeness (QED) is 0.349. The molecule has 0 unspecified atom stereocenters. The van der Waals surface area contributed by atoms with Gasteiger partial charge in [-0.15, -0.1) is 11.3 Å². The molecule has 0 amide bonds. The van der Waals surface area contributed by atoms with Crippen molar-refractivity contribution < 1.29 is 0 Å². The van der Waals surface area contributed by atoms with Crippen molar-refractivity contribution in [2.24, 2.45) is 5.73 Å². The van der Waals surface area contributed by atoms with Crippen molar-refractivity contribution in [1.82, 2.24) is 10.2 Å². The number of likely N-dealkylation sites (tertiary alicyclic amines) is 1. The number of nitrogens with zero attached hydrogens (tertiary/aromatic N) is 1. The molecule has 2 heterocycles. The van der Waals surface area contributed by atoms with Crippen LogP contribution in [-0.2, 0) is 12.3 Å². The zero-order valence-corrected chi connectivity index (χ0v) is 14.5. The van der Waals surface area contributed by atoms with Crippen molar-refractivity contribution in [3.63, 3.8) is 0 Å². The van der Waals surface area contributed by atoms with E-state index in [1.165, 1.54) is 42.8 Å².